The maximum atomic E-state index is 12.8. The monoisotopic (exact) mass is 392 g/mol. The van der Waals surface area contributed by atoms with Gasteiger partial charge in [-0.25, -0.2) is 0 Å². The van der Waals surface area contributed by atoms with E-state index in [0.29, 0.717) is 25.2 Å². The van der Waals surface area contributed by atoms with Crippen LogP contribution in [0.4, 0.5) is 0 Å². The van der Waals surface area contributed by atoms with Gasteiger partial charge in [0.1, 0.15) is 12.7 Å². The lowest BCUT2D eigenvalue weighted by Gasteiger charge is -2.38. The minimum absolute atomic E-state index is 0.108. The highest BCUT2D eigenvalue weighted by Gasteiger charge is 2.42. The number of carbonyl (C=O) groups excluding carboxylic acids is 1. The first kappa shape index (κ1) is 18.5. The number of nitrogens with one attached hydrogen (secondary N) is 1. The van der Waals surface area contributed by atoms with Gasteiger partial charge in [0.25, 0.3) is 0 Å². The molecule has 152 valence electrons. The molecule has 0 saturated carbocycles. The zero-order valence-electron chi connectivity index (χ0n) is 16.6. The van der Waals surface area contributed by atoms with Gasteiger partial charge >= 0.3 is 0 Å². The normalized spacial score (nSPS) is 28.1. The highest BCUT2D eigenvalue weighted by atomic mass is 16.6. The zero-order chi connectivity index (χ0) is 19.6. The summed E-state index contributed by atoms with van der Waals surface area (Å²) in [6.07, 6.45) is 4.19. The minimum Gasteiger partial charge on any atom is -0.486 e. The van der Waals surface area contributed by atoms with Crippen molar-refractivity contribution in [3.8, 4) is 11.5 Å². The number of piperidine rings is 1. The van der Waals surface area contributed by atoms with Gasteiger partial charge in [-0.1, -0.05) is 42.5 Å². The van der Waals surface area contributed by atoms with Crippen LogP contribution in [0.1, 0.15) is 31.2 Å². The van der Waals surface area contributed by atoms with Gasteiger partial charge < -0.3 is 14.8 Å². The van der Waals surface area contributed by atoms with Crippen LogP contribution in [0.3, 0.4) is 0 Å². The Balaban J connectivity index is 1.14. The molecule has 2 fully saturated rings. The van der Waals surface area contributed by atoms with E-state index < -0.39 is 0 Å². The van der Waals surface area contributed by atoms with Crippen molar-refractivity contribution in [2.45, 2.75) is 50.4 Å². The van der Waals surface area contributed by atoms with E-state index in [4.69, 9.17) is 9.47 Å². The number of amides is 1. The van der Waals surface area contributed by atoms with Gasteiger partial charge in [0.05, 0.1) is 6.54 Å². The highest BCUT2D eigenvalue weighted by Crippen LogP contribution is 2.39. The number of hydrogen-bond acceptors (Lipinski definition) is 4. The summed E-state index contributed by atoms with van der Waals surface area (Å²) in [5.74, 6) is 1.81. The van der Waals surface area contributed by atoms with Gasteiger partial charge in [-0.3, -0.25) is 9.69 Å². The van der Waals surface area contributed by atoms with Crippen LogP contribution in [0.25, 0.3) is 0 Å². The number of nitrogens with zero attached hydrogens (tertiary/aromatic N) is 1. The zero-order valence-corrected chi connectivity index (χ0v) is 16.6. The third kappa shape index (κ3) is 3.97. The van der Waals surface area contributed by atoms with Crippen molar-refractivity contribution >= 4 is 5.91 Å². The van der Waals surface area contributed by atoms with Crippen molar-refractivity contribution in [3.05, 3.63) is 60.2 Å². The van der Waals surface area contributed by atoms with Crippen LogP contribution in [-0.2, 0) is 11.3 Å². The van der Waals surface area contributed by atoms with Crippen molar-refractivity contribution in [3.63, 3.8) is 0 Å². The standard InChI is InChI=1S/C24H28N2O3/c27-24(25-14-21-16-28-22-8-4-5-9-23(22)29-21)18-12-19-10-11-20(13-18)26(19)15-17-6-2-1-3-7-17/h1-9,18-21H,10-16H2,(H,25,27). The Labute approximate surface area is 172 Å². The lowest BCUT2D eigenvalue weighted by molar-refractivity contribution is -0.128. The molecule has 3 atom stereocenters. The summed E-state index contributed by atoms with van der Waals surface area (Å²) >= 11 is 0. The Hall–Kier alpha value is -2.53. The molecule has 1 N–H and O–H groups in total. The average Bonchev–Trinajstić information content (AvgIpc) is 2.99. The van der Waals surface area contributed by atoms with Crippen molar-refractivity contribution in [1.29, 1.82) is 0 Å². The van der Waals surface area contributed by atoms with Crippen molar-refractivity contribution in [2.75, 3.05) is 13.2 Å². The van der Waals surface area contributed by atoms with E-state index in [1.807, 2.05) is 24.3 Å². The third-order valence-electron chi connectivity index (χ3n) is 6.53. The molecule has 3 aliphatic heterocycles. The highest BCUT2D eigenvalue weighted by molar-refractivity contribution is 5.79. The number of fused-ring (bicyclic) bond motifs is 3. The van der Waals surface area contributed by atoms with E-state index in [1.165, 1.54) is 18.4 Å². The summed E-state index contributed by atoms with van der Waals surface area (Å²) in [7, 11) is 0. The van der Waals surface area contributed by atoms with Gasteiger partial charge in [0.2, 0.25) is 5.91 Å². The van der Waals surface area contributed by atoms with E-state index in [-0.39, 0.29) is 17.9 Å². The summed E-state index contributed by atoms with van der Waals surface area (Å²) in [6, 6.07) is 19.4. The predicted molar refractivity (Wildman–Crippen MR) is 111 cm³/mol. The maximum Gasteiger partial charge on any atom is 0.223 e. The Morgan fingerprint density at radius 2 is 1.66 bits per heavy atom. The number of carbonyl (C=O) groups is 1. The molecule has 3 heterocycles. The number of rotatable bonds is 5. The topological polar surface area (TPSA) is 50.8 Å². The van der Waals surface area contributed by atoms with Crippen LogP contribution in [0, 0.1) is 5.92 Å². The van der Waals surface area contributed by atoms with Crippen LogP contribution in [0.5, 0.6) is 11.5 Å². The van der Waals surface area contributed by atoms with Crippen molar-refractivity contribution in [1.82, 2.24) is 10.2 Å². The Kier molecular flexibility index (Phi) is 5.15. The Morgan fingerprint density at radius 1 is 0.966 bits per heavy atom. The van der Waals surface area contributed by atoms with Gasteiger partial charge in [0.15, 0.2) is 11.5 Å². The van der Waals surface area contributed by atoms with Crippen molar-refractivity contribution in [2.24, 2.45) is 5.92 Å². The van der Waals surface area contributed by atoms with Gasteiger partial charge in [-0.15, -0.1) is 0 Å². The molecule has 0 radical (unpaired) electrons. The smallest absolute Gasteiger partial charge is 0.223 e. The molecule has 5 heteroatoms. The van der Waals surface area contributed by atoms with E-state index >= 15 is 0 Å². The fraction of sp³-hybridized carbons (Fsp3) is 0.458. The number of hydrogen-bond donors (Lipinski definition) is 1. The van der Waals surface area contributed by atoms with Crippen LogP contribution in [0.2, 0.25) is 0 Å². The van der Waals surface area contributed by atoms with E-state index in [2.05, 4.69) is 40.5 Å². The molecule has 0 spiro atoms. The summed E-state index contributed by atoms with van der Waals surface area (Å²) < 4.78 is 11.7. The molecule has 3 unspecified atom stereocenters. The van der Waals surface area contributed by atoms with E-state index in [0.717, 1.165) is 30.9 Å². The lowest BCUT2D eigenvalue weighted by Crippen LogP contribution is -2.48. The van der Waals surface area contributed by atoms with E-state index in [9.17, 15) is 4.79 Å². The molecule has 5 nitrogen and oxygen atoms in total. The Bertz CT molecular complexity index is 842. The quantitative estimate of drug-likeness (QED) is 0.848. The molecule has 2 saturated heterocycles. The second kappa shape index (κ2) is 8.07. The van der Waals surface area contributed by atoms with E-state index in [1.54, 1.807) is 0 Å². The third-order valence-corrected chi connectivity index (χ3v) is 6.53. The fourth-order valence-electron chi connectivity index (χ4n) is 5.06. The minimum atomic E-state index is -0.135. The summed E-state index contributed by atoms with van der Waals surface area (Å²) in [5, 5.41) is 3.12. The predicted octanol–water partition coefficient (Wildman–Crippen LogP) is 3.39. The summed E-state index contributed by atoms with van der Waals surface area (Å²) in [4.78, 5) is 15.5. The molecule has 0 aromatic heterocycles. The van der Waals surface area contributed by atoms with Crippen LogP contribution in [-0.4, -0.2) is 42.1 Å². The molecule has 29 heavy (non-hydrogen) atoms. The number of benzene rings is 2. The first-order chi connectivity index (χ1) is 14.3. The molecule has 2 aromatic carbocycles. The first-order valence-corrected chi connectivity index (χ1v) is 10.7. The van der Waals surface area contributed by atoms with Crippen LogP contribution in [0.15, 0.2) is 54.6 Å². The molecule has 3 aliphatic rings. The molecule has 2 aromatic rings. The number of para-hydroxylation sites is 2. The maximum absolute atomic E-state index is 12.8. The lowest BCUT2D eigenvalue weighted by atomic mass is 9.89. The molecular weight excluding hydrogens is 364 g/mol. The molecule has 0 aliphatic carbocycles. The SMILES string of the molecule is O=C(NCC1COc2ccccc2O1)C1CC2CCC(C1)N2Cc1ccccc1. The van der Waals surface area contributed by atoms with Gasteiger partial charge in [-0.2, -0.15) is 0 Å². The van der Waals surface area contributed by atoms with Crippen LogP contribution < -0.4 is 14.8 Å². The number of ether oxygens (including phenoxy) is 2. The van der Waals surface area contributed by atoms with Crippen LogP contribution >= 0.6 is 0 Å². The van der Waals surface area contributed by atoms with Gasteiger partial charge in [0, 0.05) is 24.5 Å². The molecule has 5 rings (SSSR count). The first-order valence-electron chi connectivity index (χ1n) is 10.7. The van der Waals surface area contributed by atoms with Gasteiger partial charge in [-0.05, 0) is 43.4 Å². The summed E-state index contributed by atoms with van der Waals surface area (Å²) in [5.41, 5.74) is 1.36. The Morgan fingerprint density at radius 3 is 2.41 bits per heavy atom. The fourth-order valence-corrected chi connectivity index (χ4v) is 5.06. The average molecular weight is 392 g/mol. The second-order valence-corrected chi connectivity index (χ2v) is 8.45. The molecule has 2 bridgehead atoms. The summed E-state index contributed by atoms with van der Waals surface area (Å²) in [6.45, 7) is 1.96. The van der Waals surface area contributed by atoms with Crippen molar-refractivity contribution < 1.29 is 14.3 Å². The second-order valence-electron chi connectivity index (χ2n) is 8.45. The largest absolute Gasteiger partial charge is 0.486 e. The molecular formula is C24H28N2O3. The molecule has 1 amide bonds.